The van der Waals surface area contributed by atoms with E-state index in [1.807, 2.05) is 31.2 Å². The number of hydrogen-bond acceptors (Lipinski definition) is 7. The van der Waals surface area contributed by atoms with Crippen molar-refractivity contribution in [2.75, 3.05) is 7.11 Å². The van der Waals surface area contributed by atoms with Crippen molar-refractivity contribution in [1.82, 2.24) is 29.8 Å². The maximum absolute atomic E-state index is 13.6. The molecule has 1 atom stereocenters. The number of hydrogen-bond donors (Lipinski definition) is 2. The standard InChI is InChI=1S/C24H24N6O4S/c1-13-8-11-19(34-3)18(12-13)29-21(32)16-6-4-5-7-17(16)30-23(29)27-28-24(30)35-14(2)20(31)26-22(33)25-15-9-10-15/h4-8,11-12,14-15H,9-10H2,1-3H3,(H2,25,26,31,33). The van der Waals surface area contributed by atoms with E-state index in [0.717, 1.165) is 30.2 Å². The van der Waals surface area contributed by atoms with E-state index in [2.05, 4.69) is 20.8 Å². The average molecular weight is 493 g/mol. The van der Waals surface area contributed by atoms with Gasteiger partial charge in [-0.25, -0.2) is 9.36 Å². The van der Waals surface area contributed by atoms with Gasteiger partial charge in [-0.05, 0) is 56.5 Å². The smallest absolute Gasteiger partial charge is 0.321 e. The van der Waals surface area contributed by atoms with Crippen LogP contribution in [-0.4, -0.2) is 49.5 Å². The number of rotatable bonds is 6. The molecule has 5 rings (SSSR count). The van der Waals surface area contributed by atoms with E-state index in [9.17, 15) is 14.4 Å². The summed E-state index contributed by atoms with van der Waals surface area (Å²) in [7, 11) is 1.54. The van der Waals surface area contributed by atoms with Crippen molar-refractivity contribution in [3.8, 4) is 11.4 Å². The zero-order valence-electron chi connectivity index (χ0n) is 19.4. The highest BCUT2D eigenvalue weighted by molar-refractivity contribution is 8.00. The Bertz CT molecular complexity index is 1520. The fraction of sp³-hybridized carbons (Fsp3) is 0.292. The Hall–Kier alpha value is -3.86. The zero-order chi connectivity index (χ0) is 24.7. The molecule has 2 heterocycles. The van der Waals surface area contributed by atoms with Gasteiger partial charge in [0.15, 0.2) is 5.16 Å². The highest BCUT2D eigenvalue weighted by atomic mass is 32.2. The van der Waals surface area contributed by atoms with Crippen LogP contribution < -0.4 is 20.9 Å². The van der Waals surface area contributed by atoms with Gasteiger partial charge in [-0.2, -0.15) is 0 Å². The first kappa shape index (κ1) is 22.9. The first-order valence-electron chi connectivity index (χ1n) is 11.2. The number of nitrogens with one attached hydrogen (secondary N) is 2. The Balaban J connectivity index is 1.60. The average Bonchev–Trinajstić information content (AvgIpc) is 3.56. The van der Waals surface area contributed by atoms with Gasteiger partial charge in [0.05, 0.1) is 29.0 Å². The number of aryl methyl sites for hydroxylation is 1. The molecular formula is C24H24N6O4S. The fourth-order valence-electron chi connectivity index (χ4n) is 3.82. The van der Waals surface area contributed by atoms with E-state index in [4.69, 9.17) is 4.74 Å². The minimum absolute atomic E-state index is 0.146. The Morgan fingerprint density at radius 1 is 1.17 bits per heavy atom. The molecule has 1 fully saturated rings. The predicted octanol–water partition coefficient (Wildman–Crippen LogP) is 2.82. The van der Waals surface area contributed by atoms with Crippen LogP contribution in [0.1, 0.15) is 25.3 Å². The van der Waals surface area contributed by atoms with Gasteiger partial charge < -0.3 is 10.1 Å². The quantitative estimate of drug-likeness (QED) is 0.397. The van der Waals surface area contributed by atoms with Crippen molar-refractivity contribution in [2.24, 2.45) is 0 Å². The molecule has 0 bridgehead atoms. The van der Waals surface area contributed by atoms with Crippen LogP contribution in [0.25, 0.3) is 22.4 Å². The number of nitrogens with zero attached hydrogens (tertiary/aromatic N) is 4. The summed E-state index contributed by atoms with van der Waals surface area (Å²) in [6.07, 6.45) is 1.86. The summed E-state index contributed by atoms with van der Waals surface area (Å²) >= 11 is 1.15. The number of thioether (sulfide) groups is 1. The van der Waals surface area contributed by atoms with Gasteiger partial charge in [-0.1, -0.05) is 30.0 Å². The second-order valence-corrected chi connectivity index (χ2v) is 9.76. The summed E-state index contributed by atoms with van der Waals surface area (Å²) in [5.41, 5.74) is 1.84. The number of fused-ring (bicyclic) bond motifs is 3. The summed E-state index contributed by atoms with van der Waals surface area (Å²) in [4.78, 5) is 38.2. The number of urea groups is 1. The molecule has 1 saturated carbocycles. The molecule has 0 aliphatic heterocycles. The van der Waals surface area contributed by atoms with E-state index in [-0.39, 0.29) is 11.6 Å². The lowest BCUT2D eigenvalue weighted by Gasteiger charge is -2.15. The van der Waals surface area contributed by atoms with Crippen LogP contribution >= 0.6 is 11.8 Å². The molecule has 1 aliphatic rings. The third kappa shape index (κ3) is 4.34. The third-order valence-electron chi connectivity index (χ3n) is 5.77. The van der Waals surface area contributed by atoms with Gasteiger partial charge in [0, 0.05) is 6.04 Å². The van der Waals surface area contributed by atoms with Gasteiger partial charge in [-0.15, -0.1) is 10.2 Å². The number of para-hydroxylation sites is 1. The Labute approximate surface area is 204 Å². The molecule has 1 aliphatic carbocycles. The molecule has 1 unspecified atom stereocenters. The van der Waals surface area contributed by atoms with E-state index in [1.165, 1.54) is 4.57 Å². The maximum Gasteiger partial charge on any atom is 0.321 e. The minimum Gasteiger partial charge on any atom is -0.495 e. The van der Waals surface area contributed by atoms with Gasteiger partial charge in [-0.3, -0.25) is 19.3 Å². The molecule has 0 radical (unpaired) electrons. The first-order chi connectivity index (χ1) is 16.9. The number of methoxy groups -OCH3 is 1. The Morgan fingerprint density at radius 2 is 1.94 bits per heavy atom. The van der Waals surface area contributed by atoms with E-state index in [1.54, 1.807) is 36.6 Å². The van der Waals surface area contributed by atoms with Crippen LogP contribution in [0.4, 0.5) is 4.79 Å². The molecule has 180 valence electrons. The summed E-state index contributed by atoms with van der Waals surface area (Å²) in [5, 5.41) is 14.0. The lowest BCUT2D eigenvalue weighted by molar-refractivity contribution is -0.119. The number of carbonyl (C=O) groups is 2. The van der Waals surface area contributed by atoms with Crippen LogP contribution in [0.15, 0.2) is 52.4 Å². The van der Waals surface area contributed by atoms with Gasteiger partial charge >= 0.3 is 6.03 Å². The number of imide groups is 1. The zero-order valence-corrected chi connectivity index (χ0v) is 20.3. The van der Waals surface area contributed by atoms with Crippen LogP contribution in [-0.2, 0) is 4.79 Å². The second-order valence-electron chi connectivity index (χ2n) is 8.45. The lowest BCUT2D eigenvalue weighted by Crippen LogP contribution is -2.43. The summed E-state index contributed by atoms with van der Waals surface area (Å²) < 4.78 is 8.75. The van der Waals surface area contributed by atoms with Crippen LogP contribution in [0.3, 0.4) is 0 Å². The number of amides is 3. The summed E-state index contributed by atoms with van der Waals surface area (Å²) in [5.74, 6) is 0.364. The number of benzene rings is 2. The van der Waals surface area contributed by atoms with Crippen LogP contribution in [0.2, 0.25) is 0 Å². The molecular weight excluding hydrogens is 468 g/mol. The third-order valence-corrected chi connectivity index (χ3v) is 6.81. The molecule has 3 amide bonds. The van der Waals surface area contributed by atoms with Crippen molar-refractivity contribution in [3.05, 3.63) is 58.4 Å². The van der Waals surface area contributed by atoms with Crippen molar-refractivity contribution < 1.29 is 14.3 Å². The van der Waals surface area contributed by atoms with Gasteiger partial charge in [0.2, 0.25) is 11.7 Å². The molecule has 2 aromatic carbocycles. The fourth-order valence-corrected chi connectivity index (χ4v) is 4.68. The molecule has 4 aromatic rings. The molecule has 10 nitrogen and oxygen atoms in total. The number of carbonyl (C=O) groups excluding carboxylic acids is 2. The lowest BCUT2D eigenvalue weighted by atomic mass is 10.2. The number of aromatic nitrogens is 4. The second kappa shape index (κ2) is 9.06. The van der Waals surface area contributed by atoms with E-state index < -0.39 is 17.2 Å². The normalized spacial score (nSPS) is 14.1. The molecule has 2 aromatic heterocycles. The topological polar surface area (TPSA) is 120 Å². The predicted molar refractivity (Wildman–Crippen MR) is 132 cm³/mol. The minimum atomic E-state index is -0.639. The molecule has 0 saturated heterocycles. The highest BCUT2D eigenvalue weighted by Crippen LogP contribution is 2.29. The Kier molecular flexibility index (Phi) is 5.93. The van der Waals surface area contributed by atoms with Crippen LogP contribution in [0.5, 0.6) is 5.75 Å². The SMILES string of the molecule is COc1ccc(C)cc1-n1c(=O)c2ccccc2n2c(SC(C)C(=O)NC(=O)NC3CC3)nnc12. The van der Waals surface area contributed by atoms with Crippen molar-refractivity contribution >= 4 is 40.4 Å². The van der Waals surface area contributed by atoms with Crippen LogP contribution in [0, 0.1) is 6.92 Å². The molecule has 11 heteroatoms. The van der Waals surface area contributed by atoms with Gasteiger partial charge in [0.25, 0.3) is 5.56 Å². The van der Waals surface area contributed by atoms with Gasteiger partial charge in [0.1, 0.15) is 5.75 Å². The first-order valence-corrected chi connectivity index (χ1v) is 12.1. The Morgan fingerprint density at radius 3 is 2.69 bits per heavy atom. The van der Waals surface area contributed by atoms with Crippen molar-refractivity contribution in [2.45, 2.75) is 43.1 Å². The molecule has 0 spiro atoms. The molecule has 35 heavy (non-hydrogen) atoms. The van der Waals surface area contributed by atoms with E-state index >= 15 is 0 Å². The summed E-state index contributed by atoms with van der Waals surface area (Å²) in [6, 6.07) is 12.4. The number of ether oxygens (including phenoxy) is 1. The molecule has 2 N–H and O–H groups in total. The summed E-state index contributed by atoms with van der Waals surface area (Å²) in [6.45, 7) is 3.62. The van der Waals surface area contributed by atoms with E-state index in [0.29, 0.717) is 33.3 Å². The monoisotopic (exact) mass is 492 g/mol. The largest absolute Gasteiger partial charge is 0.495 e. The van der Waals surface area contributed by atoms with Crippen molar-refractivity contribution in [3.63, 3.8) is 0 Å². The maximum atomic E-state index is 13.6. The highest BCUT2D eigenvalue weighted by Gasteiger charge is 2.27. The van der Waals surface area contributed by atoms with Crippen molar-refractivity contribution in [1.29, 1.82) is 0 Å².